The Labute approximate surface area is 86.1 Å². The molecule has 2 saturated heterocycles. The molecule has 0 bridgehead atoms. The van der Waals surface area contributed by atoms with Crippen LogP contribution in [0.5, 0.6) is 0 Å². The first kappa shape index (κ1) is 4.78. The van der Waals surface area contributed by atoms with E-state index >= 15 is 0 Å². The van der Waals surface area contributed by atoms with Crippen LogP contribution in [0.4, 0.5) is 0 Å². The highest BCUT2D eigenvalue weighted by atomic mass is 16.5. The molecule has 0 aromatic rings. The summed E-state index contributed by atoms with van der Waals surface area (Å²) in [6.07, 6.45) is -2.45. The Balaban J connectivity index is 2.32. The predicted molar refractivity (Wildman–Crippen MR) is 49.1 cm³/mol. The molecule has 3 nitrogen and oxygen atoms in total. The SMILES string of the molecule is [2H]C([2H])([2H])C([2H])([2H])C1CC(=O)N2C1COC2(C)C. The van der Waals surface area contributed by atoms with Crippen molar-refractivity contribution in [2.24, 2.45) is 5.92 Å². The predicted octanol–water partition coefficient (Wildman–Crippen LogP) is 1.38. The van der Waals surface area contributed by atoms with E-state index in [0.29, 0.717) is 0 Å². The molecule has 13 heavy (non-hydrogen) atoms. The Morgan fingerprint density at radius 3 is 3.31 bits per heavy atom. The van der Waals surface area contributed by atoms with Crippen molar-refractivity contribution >= 4 is 5.91 Å². The van der Waals surface area contributed by atoms with E-state index in [0.717, 1.165) is 0 Å². The second kappa shape index (κ2) is 2.71. The highest BCUT2D eigenvalue weighted by Crippen LogP contribution is 2.39. The molecule has 2 fully saturated rings. The van der Waals surface area contributed by atoms with Crippen molar-refractivity contribution < 1.29 is 16.4 Å². The minimum Gasteiger partial charge on any atom is -0.354 e. The largest absolute Gasteiger partial charge is 0.354 e. The highest BCUT2D eigenvalue weighted by Gasteiger charge is 2.51. The molecule has 0 saturated carbocycles. The number of carbonyl (C=O) groups excluding carboxylic acids is 1. The van der Waals surface area contributed by atoms with Gasteiger partial charge in [0.05, 0.1) is 12.6 Å². The van der Waals surface area contributed by atoms with E-state index in [2.05, 4.69) is 0 Å². The van der Waals surface area contributed by atoms with Crippen LogP contribution in [-0.2, 0) is 9.53 Å². The number of rotatable bonds is 1. The topological polar surface area (TPSA) is 29.5 Å². The number of hydrogen-bond donors (Lipinski definition) is 0. The Morgan fingerprint density at radius 2 is 2.62 bits per heavy atom. The third-order valence-electron chi connectivity index (χ3n) is 2.83. The van der Waals surface area contributed by atoms with E-state index in [1.165, 1.54) is 4.90 Å². The zero-order chi connectivity index (χ0) is 13.9. The second-order valence-corrected chi connectivity index (χ2v) is 4.04. The van der Waals surface area contributed by atoms with Gasteiger partial charge in [-0.1, -0.05) is 13.2 Å². The lowest BCUT2D eigenvalue weighted by Crippen LogP contribution is -2.43. The van der Waals surface area contributed by atoms with Gasteiger partial charge in [-0.15, -0.1) is 0 Å². The van der Waals surface area contributed by atoms with E-state index in [4.69, 9.17) is 11.6 Å². The Bertz CT molecular complexity index is 379. The minimum absolute atomic E-state index is 0.0666. The van der Waals surface area contributed by atoms with Gasteiger partial charge >= 0.3 is 0 Å². The van der Waals surface area contributed by atoms with Crippen LogP contribution in [-0.4, -0.2) is 29.2 Å². The molecule has 2 atom stereocenters. The Morgan fingerprint density at radius 1 is 1.85 bits per heavy atom. The monoisotopic (exact) mass is 188 g/mol. The van der Waals surface area contributed by atoms with Gasteiger partial charge in [0.2, 0.25) is 5.91 Å². The van der Waals surface area contributed by atoms with Gasteiger partial charge in [0.1, 0.15) is 5.72 Å². The highest BCUT2D eigenvalue weighted by molar-refractivity contribution is 5.80. The molecule has 0 aliphatic carbocycles. The van der Waals surface area contributed by atoms with Gasteiger partial charge in [-0.2, -0.15) is 0 Å². The molecule has 0 aromatic heterocycles. The molecule has 0 radical (unpaired) electrons. The van der Waals surface area contributed by atoms with Gasteiger partial charge in [0.25, 0.3) is 0 Å². The molecule has 2 rings (SSSR count). The average Bonchev–Trinajstić information content (AvgIpc) is 2.65. The molecule has 2 aliphatic rings. The molecule has 3 heteroatoms. The fourth-order valence-electron chi connectivity index (χ4n) is 2.18. The van der Waals surface area contributed by atoms with Gasteiger partial charge < -0.3 is 9.64 Å². The van der Waals surface area contributed by atoms with Gasteiger partial charge in [-0.05, 0) is 19.8 Å². The number of hydrogen-bond acceptors (Lipinski definition) is 2. The molecule has 1 amide bonds. The number of carbonyl (C=O) groups is 1. The zero-order valence-corrected chi connectivity index (χ0v) is 7.83. The van der Waals surface area contributed by atoms with E-state index in [9.17, 15) is 4.79 Å². The lowest BCUT2D eigenvalue weighted by molar-refractivity contribution is -0.141. The van der Waals surface area contributed by atoms with Crippen LogP contribution in [0.15, 0.2) is 0 Å². The van der Waals surface area contributed by atoms with E-state index in [-0.39, 0.29) is 18.9 Å². The van der Waals surface area contributed by atoms with Crippen LogP contribution < -0.4 is 0 Å². The molecular weight excluding hydrogens is 166 g/mol. The van der Waals surface area contributed by atoms with Crippen molar-refractivity contribution in [2.45, 2.75) is 45.3 Å². The lowest BCUT2D eigenvalue weighted by atomic mass is 9.98. The van der Waals surface area contributed by atoms with E-state index in [1.807, 2.05) is 0 Å². The number of fused-ring (bicyclic) bond motifs is 1. The van der Waals surface area contributed by atoms with E-state index < -0.39 is 30.9 Å². The van der Waals surface area contributed by atoms with Crippen LogP contribution >= 0.6 is 0 Å². The average molecular weight is 188 g/mol. The van der Waals surface area contributed by atoms with Crippen LogP contribution in [0.1, 0.15) is 40.3 Å². The molecule has 0 aromatic carbocycles. The number of nitrogens with zero attached hydrogens (tertiary/aromatic N) is 1. The molecule has 0 spiro atoms. The minimum atomic E-state index is -2.74. The number of ether oxygens (including phenoxy) is 1. The van der Waals surface area contributed by atoms with Gasteiger partial charge in [0.15, 0.2) is 0 Å². The van der Waals surface area contributed by atoms with Crippen LogP contribution in [0.25, 0.3) is 0 Å². The van der Waals surface area contributed by atoms with Crippen molar-refractivity contribution in [3.8, 4) is 0 Å². The van der Waals surface area contributed by atoms with Gasteiger partial charge in [-0.3, -0.25) is 4.79 Å². The molecule has 0 N–H and O–H groups in total. The summed E-state index contributed by atoms with van der Waals surface area (Å²) in [5.74, 6) is -1.08. The second-order valence-electron chi connectivity index (χ2n) is 4.04. The molecule has 74 valence electrons. The summed E-state index contributed by atoms with van der Waals surface area (Å²) >= 11 is 0. The van der Waals surface area contributed by atoms with Crippen molar-refractivity contribution in [2.75, 3.05) is 6.61 Å². The molecule has 2 unspecified atom stereocenters. The van der Waals surface area contributed by atoms with Crippen molar-refractivity contribution in [1.82, 2.24) is 4.90 Å². The summed E-state index contributed by atoms with van der Waals surface area (Å²) in [5, 5.41) is 0. The van der Waals surface area contributed by atoms with Crippen LogP contribution in [0, 0.1) is 5.92 Å². The third kappa shape index (κ3) is 1.17. The normalized spacial score (nSPS) is 44.6. The first-order valence-corrected chi connectivity index (χ1v) is 4.44. The van der Waals surface area contributed by atoms with Crippen molar-refractivity contribution in [3.63, 3.8) is 0 Å². The summed E-state index contributed by atoms with van der Waals surface area (Å²) in [5.41, 5.74) is -0.776. The third-order valence-corrected chi connectivity index (χ3v) is 2.83. The first-order valence-electron chi connectivity index (χ1n) is 6.94. The van der Waals surface area contributed by atoms with Crippen molar-refractivity contribution in [1.29, 1.82) is 0 Å². The quantitative estimate of drug-likeness (QED) is 0.622. The molecular formula is C10H17NO2. The zero-order valence-electron chi connectivity index (χ0n) is 12.8. The molecule has 2 aliphatic heterocycles. The Hall–Kier alpha value is -0.570. The fourth-order valence-corrected chi connectivity index (χ4v) is 2.18. The summed E-state index contributed by atoms with van der Waals surface area (Å²) in [4.78, 5) is 13.4. The van der Waals surface area contributed by atoms with Crippen molar-refractivity contribution in [3.05, 3.63) is 0 Å². The Kier molecular flexibility index (Phi) is 0.996. The smallest absolute Gasteiger partial charge is 0.225 e. The lowest BCUT2D eigenvalue weighted by Gasteiger charge is -2.29. The van der Waals surface area contributed by atoms with Crippen LogP contribution in [0.3, 0.4) is 0 Å². The number of amides is 1. The summed E-state index contributed by atoms with van der Waals surface area (Å²) in [7, 11) is 0. The maximum atomic E-state index is 12.0. The first-order chi connectivity index (χ1) is 7.98. The fraction of sp³-hybridized carbons (Fsp3) is 0.900. The van der Waals surface area contributed by atoms with Gasteiger partial charge in [-0.25, -0.2) is 0 Å². The maximum absolute atomic E-state index is 12.0. The molecule has 2 heterocycles. The maximum Gasteiger partial charge on any atom is 0.225 e. The van der Waals surface area contributed by atoms with Gasteiger partial charge in [0, 0.05) is 13.3 Å². The standard InChI is InChI=1S/C10H17NO2/c1-4-7-5-9(12)11-8(7)6-13-10(11,2)3/h7-8H,4-6H2,1-3H3/i1D3,4D2. The summed E-state index contributed by atoms with van der Waals surface area (Å²) in [6, 6.07) is -0.483. The van der Waals surface area contributed by atoms with Crippen LogP contribution in [0.2, 0.25) is 0 Å². The summed E-state index contributed by atoms with van der Waals surface area (Å²) < 4.78 is 43.0. The summed E-state index contributed by atoms with van der Waals surface area (Å²) in [6.45, 7) is 0.927. The van der Waals surface area contributed by atoms with E-state index in [1.54, 1.807) is 13.8 Å².